The molecule has 0 aliphatic heterocycles. The number of nitrogens with zero attached hydrogens (tertiary/aromatic N) is 2. The monoisotopic (exact) mass is 528 g/mol. The van der Waals surface area contributed by atoms with E-state index in [-0.39, 0.29) is 0 Å². The lowest BCUT2D eigenvalue weighted by molar-refractivity contribution is -0.929. The quantitative estimate of drug-likeness (QED) is 0.0980. The summed E-state index contributed by atoms with van der Waals surface area (Å²) < 4.78 is 2.84. The SMILES string of the molecule is CCCC[N+](CCCC)(CCCC)CCCC.CCCC[N+](CCCC)(CCCC)CCCC.[O-][B][O-]. The first-order chi connectivity index (χ1) is 17.9. The van der Waals surface area contributed by atoms with E-state index < -0.39 is 7.69 Å². The van der Waals surface area contributed by atoms with E-state index >= 15 is 0 Å². The van der Waals surface area contributed by atoms with Crippen molar-refractivity contribution >= 4 is 7.69 Å². The van der Waals surface area contributed by atoms with Crippen LogP contribution in [0.15, 0.2) is 0 Å². The van der Waals surface area contributed by atoms with Gasteiger partial charge in [-0.05, 0) is 51.4 Å². The van der Waals surface area contributed by atoms with Crippen LogP contribution in [-0.2, 0) is 0 Å². The topological polar surface area (TPSA) is 46.1 Å². The lowest BCUT2D eigenvalue weighted by Crippen LogP contribution is -2.50. The first kappa shape index (κ1) is 41.4. The van der Waals surface area contributed by atoms with Crippen molar-refractivity contribution in [2.75, 3.05) is 52.4 Å². The van der Waals surface area contributed by atoms with Gasteiger partial charge in [0.25, 0.3) is 0 Å². The molecule has 0 N–H and O–H groups in total. The maximum absolute atomic E-state index is 8.25. The zero-order valence-corrected chi connectivity index (χ0v) is 27.3. The van der Waals surface area contributed by atoms with Crippen LogP contribution < -0.4 is 10.0 Å². The van der Waals surface area contributed by atoms with Crippen LogP contribution in [0.2, 0.25) is 0 Å². The van der Waals surface area contributed by atoms with Crippen molar-refractivity contribution in [3.8, 4) is 0 Å². The Morgan fingerprint density at radius 3 is 0.514 bits per heavy atom. The predicted octanol–water partition coefficient (Wildman–Crippen LogP) is 7.25. The highest BCUT2D eigenvalue weighted by molar-refractivity contribution is 6.08. The molecule has 0 saturated heterocycles. The largest absolute Gasteiger partial charge is 0.900 e. The summed E-state index contributed by atoms with van der Waals surface area (Å²) in [7, 11) is -0.500. The summed E-state index contributed by atoms with van der Waals surface area (Å²) in [6.45, 7) is 30.0. The average Bonchev–Trinajstić information content (AvgIpc) is 2.92. The minimum atomic E-state index is -0.500. The second kappa shape index (κ2) is 32.1. The summed E-state index contributed by atoms with van der Waals surface area (Å²) in [4.78, 5) is 0. The molecule has 0 aliphatic rings. The number of unbranched alkanes of at least 4 members (excludes halogenated alkanes) is 8. The first-order valence-electron chi connectivity index (χ1n) is 16.7. The van der Waals surface area contributed by atoms with E-state index in [9.17, 15) is 0 Å². The van der Waals surface area contributed by atoms with Gasteiger partial charge in [0.15, 0.2) is 0 Å². The lowest BCUT2D eigenvalue weighted by atomic mass is 10.1. The molecule has 4 nitrogen and oxygen atoms in total. The molecular weight excluding hydrogens is 455 g/mol. The van der Waals surface area contributed by atoms with E-state index in [2.05, 4.69) is 55.4 Å². The fourth-order valence-electron chi connectivity index (χ4n) is 5.29. The van der Waals surface area contributed by atoms with Gasteiger partial charge >= 0.3 is 0 Å². The molecule has 0 aliphatic carbocycles. The summed E-state index contributed by atoms with van der Waals surface area (Å²) in [6, 6.07) is 0. The molecule has 0 fully saturated rings. The molecule has 0 aromatic heterocycles. The Morgan fingerprint density at radius 2 is 0.432 bits per heavy atom. The standard InChI is InChI=1S/2C16H36N.BO2/c2*1-5-9-13-17(14-10-6-2,15-11-7-3)16-12-8-4;2-1-3/h2*5-16H2,1-4H3;/q2*+1;-2. The second-order valence-corrected chi connectivity index (χ2v) is 11.4. The highest BCUT2D eigenvalue weighted by atomic mass is 16.4. The van der Waals surface area contributed by atoms with Gasteiger partial charge in [-0.15, -0.1) is 0 Å². The van der Waals surface area contributed by atoms with Gasteiger partial charge in [0.1, 0.15) is 0 Å². The summed E-state index contributed by atoms with van der Waals surface area (Å²) in [6.07, 6.45) is 22.1. The van der Waals surface area contributed by atoms with Gasteiger partial charge in [0.2, 0.25) is 0 Å². The van der Waals surface area contributed by atoms with Gasteiger partial charge in [0, 0.05) is 0 Å². The molecule has 0 atom stereocenters. The van der Waals surface area contributed by atoms with Crippen molar-refractivity contribution < 1.29 is 19.0 Å². The maximum atomic E-state index is 8.25. The highest BCUT2D eigenvalue weighted by Crippen LogP contribution is 2.17. The fourth-order valence-corrected chi connectivity index (χ4v) is 5.29. The van der Waals surface area contributed by atoms with Crippen LogP contribution in [0.4, 0.5) is 0 Å². The third-order valence-electron chi connectivity index (χ3n) is 7.89. The summed E-state index contributed by atoms with van der Waals surface area (Å²) in [5, 5.41) is 16.5. The van der Waals surface area contributed by atoms with Crippen LogP contribution in [0.3, 0.4) is 0 Å². The van der Waals surface area contributed by atoms with Crippen LogP contribution in [-0.4, -0.2) is 69.0 Å². The van der Waals surface area contributed by atoms with E-state index in [0.717, 1.165) is 0 Å². The number of quaternary nitrogens is 2. The number of rotatable bonds is 24. The zero-order chi connectivity index (χ0) is 28.7. The Bertz CT molecular complexity index is 299. The van der Waals surface area contributed by atoms with Crippen LogP contribution in [0.25, 0.3) is 0 Å². The van der Waals surface area contributed by atoms with E-state index in [1.165, 1.54) is 164 Å². The van der Waals surface area contributed by atoms with Crippen LogP contribution >= 0.6 is 0 Å². The van der Waals surface area contributed by atoms with Crippen molar-refractivity contribution in [1.29, 1.82) is 0 Å². The van der Waals surface area contributed by atoms with Gasteiger partial charge in [-0.3, -0.25) is 0 Å². The van der Waals surface area contributed by atoms with E-state index in [1.807, 2.05) is 0 Å². The van der Waals surface area contributed by atoms with Crippen molar-refractivity contribution in [3.63, 3.8) is 0 Å². The van der Waals surface area contributed by atoms with E-state index in [0.29, 0.717) is 0 Å². The Labute approximate surface area is 237 Å². The Balaban J connectivity index is -0.000000564. The normalized spacial score (nSPS) is 11.4. The fraction of sp³-hybridized carbons (Fsp3) is 1.00. The molecule has 0 unspecified atom stereocenters. The van der Waals surface area contributed by atoms with Crippen molar-refractivity contribution in [3.05, 3.63) is 0 Å². The third-order valence-corrected chi connectivity index (χ3v) is 7.89. The Morgan fingerprint density at radius 1 is 0.324 bits per heavy atom. The van der Waals surface area contributed by atoms with E-state index in [4.69, 9.17) is 10.0 Å². The van der Waals surface area contributed by atoms with Crippen LogP contribution in [0, 0.1) is 0 Å². The van der Waals surface area contributed by atoms with Gasteiger partial charge in [-0.2, -0.15) is 0 Å². The summed E-state index contributed by atoms with van der Waals surface area (Å²) in [5.74, 6) is 0. The van der Waals surface area contributed by atoms with Gasteiger partial charge in [-0.25, -0.2) is 7.69 Å². The predicted molar refractivity (Wildman–Crippen MR) is 164 cm³/mol. The minimum absolute atomic E-state index is 0.500. The zero-order valence-electron chi connectivity index (χ0n) is 27.3. The van der Waals surface area contributed by atoms with Crippen LogP contribution in [0.1, 0.15) is 158 Å². The maximum Gasteiger partial charge on any atom is 0.0786 e. The molecule has 0 aromatic rings. The minimum Gasteiger partial charge on any atom is -0.900 e. The summed E-state index contributed by atoms with van der Waals surface area (Å²) >= 11 is 0. The molecule has 37 heavy (non-hydrogen) atoms. The molecule has 0 saturated carbocycles. The molecule has 0 bridgehead atoms. The average molecular weight is 528 g/mol. The third kappa shape index (κ3) is 25.9. The summed E-state index contributed by atoms with van der Waals surface area (Å²) in [5.41, 5.74) is 0. The highest BCUT2D eigenvalue weighted by Gasteiger charge is 2.25. The molecule has 5 heteroatoms. The Kier molecular flexibility index (Phi) is 35.9. The second-order valence-electron chi connectivity index (χ2n) is 11.4. The number of hydrogen-bond acceptors (Lipinski definition) is 2. The number of hydrogen-bond donors (Lipinski definition) is 0. The molecule has 0 amide bonds. The lowest BCUT2D eigenvalue weighted by Gasteiger charge is -2.39. The molecule has 1 radical (unpaired) electrons. The Hall–Kier alpha value is -0.0951. The van der Waals surface area contributed by atoms with E-state index in [1.54, 1.807) is 0 Å². The van der Waals surface area contributed by atoms with Crippen molar-refractivity contribution in [2.24, 2.45) is 0 Å². The molecular formula is C32H72BN2O2. The van der Waals surface area contributed by atoms with Crippen LogP contribution in [0.5, 0.6) is 0 Å². The smallest absolute Gasteiger partial charge is 0.0786 e. The van der Waals surface area contributed by atoms with Gasteiger partial charge in [-0.1, -0.05) is 107 Å². The van der Waals surface area contributed by atoms with Gasteiger partial charge < -0.3 is 19.0 Å². The molecule has 225 valence electrons. The molecule has 0 aromatic carbocycles. The molecule has 0 heterocycles. The van der Waals surface area contributed by atoms with Gasteiger partial charge in [0.05, 0.1) is 52.4 Å². The van der Waals surface area contributed by atoms with Crippen molar-refractivity contribution in [1.82, 2.24) is 0 Å². The van der Waals surface area contributed by atoms with Crippen molar-refractivity contribution in [2.45, 2.75) is 158 Å². The molecule has 0 rings (SSSR count). The molecule has 0 spiro atoms. The first-order valence-corrected chi connectivity index (χ1v) is 16.7.